The van der Waals surface area contributed by atoms with E-state index in [0.717, 1.165) is 21.8 Å². The number of rotatable bonds is 3. The summed E-state index contributed by atoms with van der Waals surface area (Å²) in [5.74, 6) is 0.111. The van der Waals surface area contributed by atoms with E-state index in [9.17, 15) is 4.79 Å². The highest BCUT2D eigenvalue weighted by atomic mass is 32.1. The van der Waals surface area contributed by atoms with Gasteiger partial charge in [0.25, 0.3) is 11.9 Å². The van der Waals surface area contributed by atoms with Crippen LogP contribution in [0.5, 0.6) is 0 Å². The molecule has 0 atom stereocenters. The molecule has 1 amide bonds. The van der Waals surface area contributed by atoms with Crippen LogP contribution in [0.1, 0.15) is 15.9 Å². The summed E-state index contributed by atoms with van der Waals surface area (Å²) in [4.78, 5) is 17.5. The summed E-state index contributed by atoms with van der Waals surface area (Å²) in [6, 6.07) is 17.4. The quantitative estimate of drug-likeness (QED) is 0.615. The minimum Gasteiger partial charge on any atom is -0.289 e. The molecule has 0 fully saturated rings. The molecular formula is C18H14N4OS. The number of nitrogens with one attached hydrogen (secondary N) is 1. The molecular weight excluding hydrogens is 320 g/mol. The van der Waals surface area contributed by atoms with Crippen LogP contribution in [-0.4, -0.2) is 20.5 Å². The lowest BCUT2D eigenvalue weighted by Crippen LogP contribution is -2.14. The fourth-order valence-corrected chi connectivity index (χ4v) is 3.37. The minimum absolute atomic E-state index is 0.201. The van der Waals surface area contributed by atoms with Gasteiger partial charge in [-0.25, -0.2) is 4.52 Å². The Balaban J connectivity index is 1.66. The van der Waals surface area contributed by atoms with Crippen LogP contribution in [0.15, 0.2) is 60.0 Å². The maximum absolute atomic E-state index is 12.4. The first-order valence-corrected chi connectivity index (χ1v) is 8.37. The number of carbonyl (C=O) groups excluding carboxylic acids is 1. The Morgan fingerprint density at radius 2 is 1.83 bits per heavy atom. The fourth-order valence-electron chi connectivity index (χ4n) is 2.54. The predicted molar refractivity (Wildman–Crippen MR) is 95.4 cm³/mol. The van der Waals surface area contributed by atoms with Gasteiger partial charge in [0.05, 0.1) is 5.69 Å². The second-order valence-corrected chi connectivity index (χ2v) is 6.22. The Bertz CT molecular complexity index is 1020. The van der Waals surface area contributed by atoms with E-state index in [1.165, 1.54) is 11.3 Å². The number of thiazole rings is 1. The molecule has 5 nitrogen and oxygen atoms in total. The second kappa shape index (κ2) is 5.90. The van der Waals surface area contributed by atoms with E-state index in [1.807, 2.05) is 60.8 Å². The van der Waals surface area contributed by atoms with Gasteiger partial charge in [-0.1, -0.05) is 48.5 Å². The van der Waals surface area contributed by atoms with Gasteiger partial charge >= 0.3 is 0 Å². The molecule has 0 unspecified atom stereocenters. The average Bonchev–Trinajstić information content (AvgIpc) is 3.16. The molecule has 0 aliphatic heterocycles. The van der Waals surface area contributed by atoms with Gasteiger partial charge in [0.1, 0.15) is 0 Å². The van der Waals surface area contributed by atoms with Gasteiger partial charge in [0, 0.05) is 16.5 Å². The zero-order valence-corrected chi connectivity index (χ0v) is 13.7. The SMILES string of the molecule is Cc1ccccc1C(=O)Nc1nc2scc(-c3ccccc3)n2n1. The highest BCUT2D eigenvalue weighted by Crippen LogP contribution is 2.25. The molecule has 2 aromatic heterocycles. The number of fused-ring (bicyclic) bond motifs is 1. The second-order valence-electron chi connectivity index (χ2n) is 5.39. The topological polar surface area (TPSA) is 59.3 Å². The number of carbonyl (C=O) groups is 1. The lowest BCUT2D eigenvalue weighted by Gasteiger charge is -2.04. The third-order valence-electron chi connectivity index (χ3n) is 3.77. The molecule has 0 spiro atoms. The molecule has 6 heteroatoms. The summed E-state index contributed by atoms with van der Waals surface area (Å²) < 4.78 is 1.76. The van der Waals surface area contributed by atoms with Gasteiger partial charge in [0.15, 0.2) is 0 Å². The summed E-state index contributed by atoms with van der Waals surface area (Å²) >= 11 is 1.49. The third kappa shape index (κ3) is 2.57. The number of amides is 1. The molecule has 0 saturated heterocycles. The maximum atomic E-state index is 12.4. The van der Waals surface area contributed by atoms with Crippen molar-refractivity contribution in [1.82, 2.24) is 14.6 Å². The molecule has 4 rings (SSSR count). The molecule has 1 N–H and O–H groups in total. The van der Waals surface area contributed by atoms with Crippen LogP contribution < -0.4 is 5.32 Å². The third-order valence-corrected chi connectivity index (χ3v) is 4.58. The van der Waals surface area contributed by atoms with Crippen LogP contribution in [0.4, 0.5) is 5.95 Å². The summed E-state index contributed by atoms with van der Waals surface area (Å²) in [5, 5.41) is 9.22. The van der Waals surface area contributed by atoms with Gasteiger partial charge in [-0.3, -0.25) is 10.1 Å². The Kier molecular flexibility index (Phi) is 3.59. The van der Waals surface area contributed by atoms with Crippen molar-refractivity contribution in [2.45, 2.75) is 6.92 Å². The molecule has 0 saturated carbocycles. The molecule has 0 aliphatic carbocycles. The minimum atomic E-state index is -0.201. The smallest absolute Gasteiger partial charge is 0.258 e. The number of aromatic nitrogens is 3. The van der Waals surface area contributed by atoms with Gasteiger partial charge in [0.2, 0.25) is 4.96 Å². The van der Waals surface area contributed by atoms with Crippen molar-refractivity contribution in [3.05, 3.63) is 71.1 Å². The van der Waals surface area contributed by atoms with Gasteiger partial charge < -0.3 is 0 Å². The predicted octanol–water partition coefficient (Wildman–Crippen LogP) is 4.02. The van der Waals surface area contributed by atoms with E-state index >= 15 is 0 Å². The van der Waals surface area contributed by atoms with Crippen molar-refractivity contribution in [3.8, 4) is 11.3 Å². The van der Waals surface area contributed by atoms with Crippen molar-refractivity contribution in [3.63, 3.8) is 0 Å². The zero-order chi connectivity index (χ0) is 16.5. The Morgan fingerprint density at radius 3 is 2.62 bits per heavy atom. The van der Waals surface area contributed by atoms with Crippen molar-refractivity contribution in [1.29, 1.82) is 0 Å². The molecule has 24 heavy (non-hydrogen) atoms. The van der Waals surface area contributed by atoms with Gasteiger partial charge in [-0.2, -0.15) is 4.98 Å². The zero-order valence-electron chi connectivity index (χ0n) is 12.9. The Labute approximate surface area is 142 Å². The maximum Gasteiger partial charge on any atom is 0.258 e. The summed E-state index contributed by atoms with van der Waals surface area (Å²) in [6.07, 6.45) is 0. The van der Waals surface area contributed by atoms with Gasteiger partial charge in [-0.05, 0) is 18.6 Å². The van der Waals surface area contributed by atoms with Crippen molar-refractivity contribution < 1.29 is 4.79 Å². The van der Waals surface area contributed by atoms with Crippen LogP contribution in [0, 0.1) is 6.92 Å². The van der Waals surface area contributed by atoms with Crippen LogP contribution in [-0.2, 0) is 0 Å². The summed E-state index contributed by atoms with van der Waals surface area (Å²) in [6.45, 7) is 1.90. The van der Waals surface area contributed by atoms with E-state index in [1.54, 1.807) is 10.6 Å². The van der Waals surface area contributed by atoms with Crippen molar-refractivity contribution in [2.24, 2.45) is 0 Å². The number of benzene rings is 2. The molecule has 4 aromatic rings. The first-order chi connectivity index (χ1) is 11.7. The fraction of sp³-hybridized carbons (Fsp3) is 0.0556. The first-order valence-electron chi connectivity index (χ1n) is 7.49. The van der Waals surface area contributed by atoms with Gasteiger partial charge in [-0.15, -0.1) is 16.4 Å². The van der Waals surface area contributed by atoms with E-state index in [4.69, 9.17) is 0 Å². The number of hydrogen-bond donors (Lipinski definition) is 1. The lowest BCUT2D eigenvalue weighted by molar-refractivity contribution is 0.102. The molecule has 2 aromatic carbocycles. The largest absolute Gasteiger partial charge is 0.289 e. The number of aryl methyl sites for hydroxylation is 1. The monoisotopic (exact) mass is 334 g/mol. The van der Waals surface area contributed by atoms with E-state index in [-0.39, 0.29) is 5.91 Å². The lowest BCUT2D eigenvalue weighted by atomic mass is 10.1. The van der Waals surface area contributed by atoms with Crippen molar-refractivity contribution >= 4 is 28.2 Å². The van der Waals surface area contributed by atoms with Crippen LogP contribution in [0.2, 0.25) is 0 Å². The molecule has 2 heterocycles. The average molecular weight is 334 g/mol. The number of nitrogens with zero attached hydrogens (tertiary/aromatic N) is 3. The summed E-state index contributed by atoms with van der Waals surface area (Å²) in [7, 11) is 0. The van der Waals surface area contributed by atoms with E-state index < -0.39 is 0 Å². The first kappa shape index (κ1) is 14.6. The normalized spacial score (nSPS) is 10.9. The highest BCUT2D eigenvalue weighted by Gasteiger charge is 2.15. The van der Waals surface area contributed by atoms with Crippen molar-refractivity contribution in [2.75, 3.05) is 5.32 Å². The number of anilines is 1. The molecule has 118 valence electrons. The Hall–Kier alpha value is -2.99. The van der Waals surface area contributed by atoms with E-state index in [2.05, 4.69) is 15.4 Å². The molecule has 0 radical (unpaired) electrons. The molecule has 0 aliphatic rings. The van der Waals surface area contributed by atoms with E-state index in [0.29, 0.717) is 11.5 Å². The Morgan fingerprint density at radius 1 is 1.08 bits per heavy atom. The standard InChI is InChI=1S/C18H14N4OS/c1-12-7-5-6-10-14(12)16(23)19-17-20-18-22(21-17)15(11-24-18)13-8-3-2-4-9-13/h2-11H,1H3,(H,19,21,23). The van der Waals surface area contributed by atoms with Crippen LogP contribution in [0.3, 0.4) is 0 Å². The summed E-state index contributed by atoms with van der Waals surface area (Å²) in [5.41, 5.74) is 3.56. The van der Waals surface area contributed by atoms with Crippen LogP contribution >= 0.6 is 11.3 Å². The molecule has 0 bridgehead atoms. The highest BCUT2D eigenvalue weighted by molar-refractivity contribution is 7.15. The number of hydrogen-bond acceptors (Lipinski definition) is 4. The van der Waals surface area contributed by atoms with Crippen LogP contribution in [0.25, 0.3) is 16.2 Å².